The van der Waals surface area contributed by atoms with Crippen LogP contribution in [0, 0.1) is 0 Å². The maximum atomic E-state index is 12.7. The topological polar surface area (TPSA) is 94.2 Å². The van der Waals surface area contributed by atoms with Gasteiger partial charge in [0, 0.05) is 30.2 Å². The van der Waals surface area contributed by atoms with Crippen molar-refractivity contribution in [2.75, 3.05) is 25.4 Å². The van der Waals surface area contributed by atoms with Crippen molar-refractivity contribution < 1.29 is 9.53 Å². The fourth-order valence-electron chi connectivity index (χ4n) is 4.14. The second-order valence-electron chi connectivity index (χ2n) is 7.39. The van der Waals surface area contributed by atoms with Crippen LogP contribution in [0.25, 0.3) is 11.4 Å². The smallest absolute Gasteiger partial charge is 0.273 e. The van der Waals surface area contributed by atoms with E-state index in [-0.39, 0.29) is 5.91 Å². The van der Waals surface area contributed by atoms with Gasteiger partial charge in [-0.05, 0) is 24.8 Å². The molecule has 148 valence electrons. The number of carbonyl (C=O) groups excluding carboxylic acids is 1. The second kappa shape index (κ2) is 7.20. The SMILES string of the molecule is Nc1nc(C(=O)N2CCC3(CC2)OCCc2cnc(-c4ccccc4)nc23)cs1. The van der Waals surface area contributed by atoms with Crippen LogP contribution in [-0.2, 0) is 16.8 Å². The molecule has 1 fully saturated rings. The molecule has 8 heteroatoms. The van der Waals surface area contributed by atoms with Gasteiger partial charge >= 0.3 is 0 Å². The van der Waals surface area contributed by atoms with E-state index in [2.05, 4.69) is 9.97 Å². The Morgan fingerprint density at radius 2 is 1.97 bits per heavy atom. The number of nitrogen functional groups attached to an aromatic ring is 1. The number of amides is 1. The molecule has 2 N–H and O–H groups in total. The van der Waals surface area contributed by atoms with Crippen LogP contribution in [0.15, 0.2) is 41.9 Å². The molecule has 29 heavy (non-hydrogen) atoms. The van der Waals surface area contributed by atoms with Crippen LogP contribution in [0.1, 0.15) is 34.6 Å². The summed E-state index contributed by atoms with van der Waals surface area (Å²) in [6, 6.07) is 9.98. The lowest BCUT2D eigenvalue weighted by atomic mass is 9.83. The minimum Gasteiger partial charge on any atom is -0.375 e. The first-order valence-corrected chi connectivity index (χ1v) is 10.6. The number of carbonyl (C=O) groups is 1. The fraction of sp³-hybridized carbons (Fsp3) is 0.333. The summed E-state index contributed by atoms with van der Waals surface area (Å²) >= 11 is 1.29. The van der Waals surface area contributed by atoms with Gasteiger partial charge in [0.25, 0.3) is 5.91 Å². The number of benzene rings is 1. The summed E-state index contributed by atoms with van der Waals surface area (Å²) < 4.78 is 6.30. The van der Waals surface area contributed by atoms with E-state index in [1.165, 1.54) is 11.3 Å². The molecule has 0 aliphatic carbocycles. The number of nitrogens with zero attached hydrogens (tertiary/aromatic N) is 4. The summed E-state index contributed by atoms with van der Waals surface area (Å²) in [5, 5.41) is 2.13. The van der Waals surface area contributed by atoms with Gasteiger partial charge in [0.05, 0.1) is 12.3 Å². The van der Waals surface area contributed by atoms with Gasteiger partial charge in [-0.2, -0.15) is 0 Å². The quantitative estimate of drug-likeness (QED) is 0.702. The highest BCUT2D eigenvalue weighted by Crippen LogP contribution is 2.41. The van der Waals surface area contributed by atoms with Crippen LogP contribution in [0.4, 0.5) is 5.13 Å². The van der Waals surface area contributed by atoms with Crippen molar-refractivity contribution in [3.05, 3.63) is 58.9 Å². The minimum absolute atomic E-state index is 0.0727. The Kier molecular flexibility index (Phi) is 4.52. The number of ether oxygens (including phenoxy) is 1. The normalized spacial score (nSPS) is 17.9. The van der Waals surface area contributed by atoms with E-state index in [9.17, 15) is 4.79 Å². The standard InChI is InChI=1S/C21H21N5O2S/c22-20-24-16(13-29-20)19(27)26-9-7-21(8-10-26)17-15(6-11-28-21)12-23-18(25-17)14-4-2-1-3-5-14/h1-5,12-13H,6-11H2,(H2,22,24). The molecule has 7 nitrogen and oxygen atoms in total. The van der Waals surface area contributed by atoms with Crippen LogP contribution in [0.3, 0.4) is 0 Å². The fourth-order valence-corrected chi connectivity index (χ4v) is 4.67. The summed E-state index contributed by atoms with van der Waals surface area (Å²) in [4.78, 5) is 28.2. The third kappa shape index (κ3) is 3.28. The molecular weight excluding hydrogens is 386 g/mol. The largest absolute Gasteiger partial charge is 0.375 e. The molecule has 5 rings (SSSR count). The van der Waals surface area contributed by atoms with Gasteiger partial charge in [0.2, 0.25) is 0 Å². The molecule has 2 aromatic heterocycles. The molecule has 1 aromatic carbocycles. The number of rotatable bonds is 2. The van der Waals surface area contributed by atoms with Gasteiger partial charge in [0.1, 0.15) is 11.3 Å². The van der Waals surface area contributed by atoms with Crippen LogP contribution in [0.2, 0.25) is 0 Å². The predicted molar refractivity (Wildman–Crippen MR) is 110 cm³/mol. The molecule has 0 atom stereocenters. The lowest BCUT2D eigenvalue weighted by Crippen LogP contribution is -2.49. The minimum atomic E-state index is -0.460. The van der Waals surface area contributed by atoms with Crippen molar-refractivity contribution in [2.45, 2.75) is 24.9 Å². The summed E-state index contributed by atoms with van der Waals surface area (Å²) in [5.41, 5.74) is 8.74. The van der Waals surface area contributed by atoms with E-state index in [1.54, 1.807) is 5.38 Å². The number of fused-ring (bicyclic) bond motifs is 2. The molecule has 0 bridgehead atoms. The average molecular weight is 407 g/mol. The average Bonchev–Trinajstić information content (AvgIpc) is 3.21. The first-order valence-electron chi connectivity index (χ1n) is 9.71. The van der Waals surface area contributed by atoms with E-state index < -0.39 is 5.60 Å². The maximum absolute atomic E-state index is 12.7. The van der Waals surface area contributed by atoms with Crippen molar-refractivity contribution in [3.8, 4) is 11.4 Å². The Morgan fingerprint density at radius 3 is 2.69 bits per heavy atom. The zero-order valence-corrected chi connectivity index (χ0v) is 16.7. The molecule has 1 amide bonds. The number of hydrogen-bond donors (Lipinski definition) is 1. The highest BCUT2D eigenvalue weighted by atomic mass is 32.1. The third-order valence-electron chi connectivity index (χ3n) is 5.68. The van der Waals surface area contributed by atoms with E-state index in [0.29, 0.717) is 49.2 Å². The van der Waals surface area contributed by atoms with E-state index in [4.69, 9.17) is 15.5 Å². The predicted octanol–water partition coefficient (Wildman–Crippen LogP) is 2.89. The van der Waals surface area contributed by atoms with Gasteiger partial charge in [0.15, 0.2) is 11.0 Å². The summed E-state index contributed by atoms with van der Waals surface area (Å²) in [6.45, 7) is 1.85. The zero-order valence-electron chi connectivity index (χ0n) is 15.9. The van der Waals surface area contributed by atoms with Gasteiger partial charge in [-0.25, -0.2) is 15.0 Å². The van der Waals surface area contributed by atoms with E-state index >= 15 is 0 Å². The van der Waals surface area contributed by atoms with Gasteiger partial charge in [-0.3, -0.25) is 4.79 Å². The number of piperidine rings is 1. The Balaban J connectivity index is 1.41. The number of hydrogen-bond acceptors (Lipinski definition) is 7. The van der Waals surface area contributed by atoms with Crippen molar-refractivity contribution in [1.29, 1.82) is 0 Å². The summed E-state index contributed by atoms with van der Waals surface area (Å²) in [6.07, 6.45) is 4.16. The van der Waals surface area contributed by atoms with Gasteiger partial charge in [-0.15, -0.1) is 11.3 Å². The summed E-state index contributed by atoms with van der Waals surface area (Å²) in [7, 11) is 0. The van der Waals surface area contributed by atoms with Crippen LogP contribution < -0.4 is 5.73 Å². The lowest BCUT2D eigenvalue weighted by Gasteiger charge is -2.44. The molecule has 0 saturated carbocycles. The van der Waals surface area contributed by atoms with Crippen molar-refractivity contribution >= 4 is 22.4 Å². The lowest BCUT2D eigenvalue weighted by molar-refractivity contribution is -0.0967. The molecule has 1 spiro atoms. The molecular formula is C21H21N5O2S. The maximum Gasteiger partial charge on any atom is 0.273 e. The van der Waals surface area contributed by atoms with Gasteiger partial charge in [-0.1, -0.05) is 30.3 Å². The molecule has 2 aliphatic heterocycles. The second-order valence-corrected chi connectivity index (χ2v) is 8.28. The van der Waals surface area contributed by atoms with Crippen LogP contribution >= 0.6 is 11.3 Å². The molecule has 2 aliphatic rings. The van der Waals surface area contributed by atoms with Crippen LogP contribution in [0.5, 0.6) is 0 Å². The first-order chi connectivity index (χ1) is 14.1. The number of aromatic nitrogens is 3. The van der Waals surface area contributed by atoms with E-state index in [0.717, 1.165) is 23.2 Å². The Labute approximate surface area is 172 Å². The number of thiazole rings is 1. The molecule has 0 unspecified atom stereocenters. The molecule has 0 radical (unpaired) electrons. The Hall–Kier alpha value is -2.84. The van der Waals surface area contributed by atoms with Crippen molar-refractivity contribution in [1.82, 2.24) is 19.9 Å². The van der Waals surface area contributed by atoms with Crippen molar-refractivity contribution in [2.24, 2.45) is 0 Å². The Bertz CT molecular complexity index is 1040. The van der Waals surface area contributed by atoms with E-state index in [1.807, 2.05) is 41.4 Å². The highest BCUT2D eigenvalue weighted by molar-refractivity contribution is 7.13. The monoisotopic (exact) mass is 407 g/mol. The van der Waals surface area contributed by atoms with Gasteiger partial charge < -0.3 is 15.4 Å². The third-order valence-corrected chi connectivity index (χ3v) is 6.35. The molecule has 1 saturated heterocycles. The number of anilines is 1. The number of nitrogens with two attached hydrogens (primary N) is 1. The van der Waals surface area contributed by atoms with Crippen LogP contribution in [-0.4, -0.2) is 45.5 Å². The number of likely N-dealkylation sites (tertiary alicyclic amines) is 1. The highest BCUT2D eigenvalue weighted by Gasteiger charge is 2.43. The molecule has 4 heterocycles. The summed E-state index contributed by atoms with van der Waals surface area (Å²) in [5.74, 6) is 0.641. The first kappa shape index (κ1) is 18.2. The van der Waals surface area contributed by atoms with Crippen molar-refractivity contribution in [3.63, 3.8) is 0 Å². The zero-order chi connectivity index (χ0) is 19.8. The molecule has 3 aromatic rings. The Morgan fingerprint density at radius 1 is 1.17 bits per heavy atom.